The molecule has 0 aromatic heterocycles. The molecular weight excluding hydrogens is 217 g/mol. The predicted octanol–water partition coefficient (Wildman–Crippen LogP) is 3.30. The third-order valence-corrected chi connectivity index (χ3v) is 1.91. The molecule has 2 nitrogen and oxygen atoms in total. The van der Waals surface area contributed by atoms with Gasteiger partial charge >= 0.3 is 6.30 Å². The summed E-state index contributed by atoms with van der Waals surface area (Å²) in [7, 11) is 0. The topological polar surface area (TPSA) is 24.4 Å². The van der Waals surface area contributed by atoms with Crippen LogP contribution in [0.25, 0.3) is 0 Å². The van der Waals surface area contributed by atoms with Crippen LogP contribution in [0.1, 0.15) is 25.3 Å². The lowest BCUT2D eigenvalue weighted by Gasteiger charge is -2.08. The van der Waals surface area contributed by atoms with Crippen molar-refractivity contribution >= 4 is 5.71 Å². The molecule has 0 saturated carbocycles. The van der Waals surface area contributed by atoms with Gasteiger partial charge in [0.2, 0.25) is 0 Å². The van der Waals surface area contributed by atoms with Crippen LogP contribution in [-0.2, 0) is 0 Å². The summed E-state index contributed by atoms with van der Waals surface area (Å²) < 4.78 is 35.9. The van der Waals surface area contributed by atoms with E-state index in [1.165, 1.54) is 5.43 Å². The van der Waals surface area contributed by atoms with Crippen molar-refractivity contribution in [3.63, 3.8) is 0 Å². The maximum Gasteiger partial charge on any atom is 0.497 e. The second-order valence-electron chi connectivity index (χ2n) is 3.28. The van der Waals surface area contributed by atoms with E-state index in [2.05, 4.69) is 5.10 Å². The highest BCUT2D eigenvalue weighted by Gasteiger charge is 2.26. The fourth-order valence-corrected chi connectivity index (χ4v) is 1.26. The number of rotatable bonds is 4. The minimum Gasteiger partial charge on any atom is -0.218 e. The third kappa shape index (κ3) is 4.33. The fraction of sp³-hybridized carbons (Fsp3) is 0.364. The first-order valence-corrected chi connectivity index (χ1v) is 4.99. The molecule has 0 aliphatic rings. The lowest BCUT2D eigenvalue weighted by atomic mass is 10.1. The van der Waals surface area contributed by atoms with Crippen LogP contribution in [0.4, 0.5) is 13.2 Å². The quantitative estimate of drug-likeness (QED) is 0.479. The van der Waals surface area contributed by atoms with E-state index in [1.54, 1.807) is 24.3 Å². The SMILES string of the molecule is CCC/C(=N\NC(F)(F)F)c1ccccc1. The average Bonchev–Trinajstić information content (AvgIpc) is 2.24. The molecule has 0 bridgehead atoms. The first-order chi connectivity index (χ1) is 7.53. The summed E-state index contributed by atoms with van der Waals surface area (Å²) in [6.45, 7) is 1.89. The average molecular weight is 230 g/mol. The molecule has 0 unspecified atom stereocenters. The Labute approximate surface area is 92.2 Å². The van der Waals surface area contributed by atoms with Gasteiger partial charge in [-0.25, -0.2) is 5.43 Å². The summed E-state index contributed by atoms with van der Waals surface area (Å²) in [4.78, 5) is 0. The maximum atomic E-state index is 12.0. The van der Waals surface area contributed by atoms with E-state index in [1.807, 2.05) is 13.0 Å². The molecule has 5 heteroatoms. The van der Waals surface area contributed by atoms with Gasteiger partial charge in [0.1, 0.15) is 0 Å². The summed E-state index contributed by atoms with van der Waals surface area (Å²) >= 11 is 0. The standard InChI is InChI=1S/C11H13F3N2/c1-2-6-10(15-16-11(12,13)14)9-7-4-3-5-8-9/h3-5,7-8,16H,2,6H2,1H3/b15-10+. The molecule has 0 fully saturated rings. The molecule has 0 spiro atoms. The van der Waals surface area contributed by atoms with Crippen LogP contribution in [0, 0.1) is 0 Å². The van der Waals surface area contributed by atoms with E-state index in [9.17, 15) is 13.2 Å². The number of benzene rings is 1. The largest absolute Gasteiger partial charge is 0.497 e. The Hall–Kier alpha value is -1.52. The van der Waals surface area contributed by atoms with Crippen molar-refractivity contribution in [1.82, 2.24) is 5.43 Å². The van der Waals surface area contributed by atoms with Crippen molar-refractivity contribution in [1.29, 1.82) is 0 Å². The highest BCUT2D eigenvalue weighted by molar-refractivity contribution is 6.00. The molecule has 1 rings (SSSR count). The number of nitrogens with zero attached hydrogens (tertiary/aromatic N) is 1. The van der Waals surface area contributed by atoms with Crippen molar-refractivity contribution in [3.05, 3.63) is 35.9 Å². The smallest absolute Gasteiger partial charge is 0.218 e. The van der Waals surface area contributed by atoms with E-state index >= 15 is 0 Å². The monoisotopic (exact) mass is 230 g/mol. The minimum absolute atomic E-state index is 0.417. The molecule has 16 heavy (non-hydrogen) atoms. The third-order valence-electron chi connectivity index (χ3n) is 1.91. The van der Waals surface area contributed by atoms with Crippen LogP contribution in [0.5, 0.6) is 0 Å². The number of nitrogens with one attached hydrogen (secondary N) is 1. The van der Waals surface area contributed by atoms with Crippen molar-refractivity contribution in [3.8, 4) is 0 Å². The van der Waals surface area contributed by atoms with E-state index in [0.717, 1.165) is 6.42 Å². The van der Waals surface area contributed by atoms with Crippen molar-refractivity contribution in [2.24, 2.45) is 5.10 Å². The van der Waals surface area contributed by atoms with Gasteiger partial charge in [-0.3, -0.25) is 0 Å². The van der Waals surface area contributed by atoms with Gasteiger partial charge in [0.05, 0.1) is 5.71 Å². The zero-order valence-electron chi connectivity index (χ0n) is 8.88. The molecule has 0 aliphatic carbocycles. The van der Waals surface area contributed by atoms with Gasteiger partial charge in [-0.15, -0.1) is 13.2 Å². The molecule has 88 valence electrons. The molecule has 0 atom stereocenters. The molecule has 0 aliphatic heterocycles. The fourth-order valence-electron chi connectivity index (χ4n) is 1.26. The molecule has 0 amide bonds. The summed E-state index contributed by atoms with van der Waals surface area (Å²) in [5.41, 5.74) is 2.32. The minimum atomic E-state index is -4.48. The van der Waals surface area contributed by atoms with Crippen molar-refractivity contribution < 1.29 is 13.2 Å². The zero-order chi connectivity index (χ0) is 12.0. The number of hydrazone groups is 1. The second-order valence-corrected chi connectivity index (χ2v) is 3.28. The lowest BCUT2D eigenvalue weighted by molar-refractivity contribution is -0.156. The Morgan fingerprint density at radius 2 is 1.88 bits per heavy atom. The number of hydrogen-bond acceptors (Lipinski definition) is 2. The Morgan fingerprint density at radius 3 is 2.38 bits per heavy atom. The normalized spacial score (nSPS) is 12.6. The van der Waals surface area contributed by atoms with Gasteiger partial charge in [-0.2, -0.15) is 5.10 Å². The van der Waals surface area contributed by atoms with Gasteiger partial charge < -0.3 is 0 Å². The highest BCUT2D eigenvalue weighted by atomic mass is 19.4. The van der Waals surface area contributed by atoms with E-state index in [0.29, 0.717) is 17.7 Å². The summed E-state index contributed by atoms with van der Waals surface area (Å²) in [5, 5.41) is 3.40. The Kier molecular flexibility index (Phi) is 4.34. The van der Waals surface area contributed by atoms with E-state index < -0.39 is 6.30 Å². The Bertz CT molecular complexity index is 344. The van der Waals surface area contributed by atoms with Gasteiger partial charge in [-0.1, -0.05) is 43.7 Å². The number of halogens is 3. The number of alkyl halides is 3. The van der Waals surface area contributed by atoms with Crippen molar-refractivity contribution in [2.45, 2.75) is 26.1 Å². The zero-order valence-corrected chi connectivity index (χ0v) is 8.88. The van der Waals surface area contributed by atoms with Crippen molar-refractivity contribution in [2.75, 3.05) is 0 Å². The van der Waals surface area contributed by atoms with Gasteiger partial charge in [-0.05, 0) is 12.0 Å². The van der Waals surface area contributed by atoms with E-state index in [4.69, 9.17) is 0 Å². The molecule has 0 radical (unpaired) electrons. The second kappa shape index (κ2) is 5.53. The molecule has 1 N–H and O–H groups in total. The van der Waals surface area contributed by atoms with E-state index in [-0.39, 0.29) is 0 Å². The maximum absolute atomic E-state index is 12.0. The molecule has 0 saturated heterocycles. The van der Waals surface area contributed by atoms with Crippen LogP contribution in [0.2, 0.25) is 0 Å². The van der Waals surface area contributed by atoms with Crippen LogP contribution in [0.15, 0.2) is 35.4 Å². The lowest BCUT2D eigenvalue weighted by Crippen LogP contribution is -2.27. The molecular formula is C11H13F3N2. The van der Waals surface area contributed by atoms with Gasteiger partial charge in [0.25, 0.3) is 0 Å². The van der Waals surface area contributed by atoms with Crippen LogP contribution >= 0.6 is 0 Å². The first kappa shape index (κ1) is 12.5. The predicted molar refractivity (Wildman–Crippen MR) is 57.1 cm³/mol. The Balaban J connectivity index is 2.83. The highest BCUT2D eigenvalue weighted by Crippen LogP contribution is 2.11. The molecule has 0 heterocycles. The van der Waals surface area contributed by atoms with Gasteiger partial charge in [0.15, 0.2) is 0 Å². The van der Waals surface area contributed by atoms with Gasteiger partial charge in [0, 0.05) is 0 Å². The first-order valence-electron chi connectivity index (χ1n) is 4.99. The van der Waals surface area contributed by atoms with Crippen LogP contribution in [0.3, 0.4) is 0 Å². The van der Waals surface area contributed by atoms with Crippen LogP contribution < -0.4 is 5.43 Å². The molecule has 1 aromatic rings. The summed E-state index contributed by atoms with van der Waals surface area (Å²) in [5.74, 6) is 0. The molecule has 1 aromatic carbocycles. The summed E-state index contributed by atoms with van der Waals surface area (Å²) in [6, 6.07) is 8.84. The summed E-state index contributed by atoms with van der Waals surface area (Å²) in [6.07, 6.45) is -3.23. The Morgan fingerprint density at radius 1 is 1.25 bits per heavy atom. The number of hydrogen-bond donors (Lipinski definition) is 1. The van der Waals surface area contributed by atoms with Crippen LogP contribution in [-0.4, -0.2) is 12.0 Å².